The van der Waals surface area contributed by atoms with Crippen molar-refractivity contribution in [3.05, 3.63) is 106 Å². The molecule has 2 amide bonds. The number of imide groups is 1. The van der Waals surface area contributed by atoms with Gasteiger partial charge in [0.15, 0.2) is 11.5 Å². The van der Waals surface area contributed by atoms with Gasteiger partial charge in [0.2, 0.25) is 0 Å². The summed E-state index contributed by atoms with van der Waals surface area (Å²) in [6, 6.07) is 20.7. The van der Waals surface area contributed by atoms with Gasteiger partial charge < -0.3 is 14.2 Å². The normalized spacial score (nSPS) is 14.2. The zero-order chi connectivity index (χ0) is 26.9. The summed E-state index contributed by atoms with van der Waals surface area (Å²) in [6.07, 6.45) is 4.04. The monoisotopic (exact) mass is 549 g/mol. The summed E-state index contributed by atoms with van der Waals surface area (Å²) in [6.45, 7) is 6.86. The smallest absolute Gasteiger partial charge is 0.293 e. The number of allylic oxidation sites excluding steroid dienone is 1. The van der Waals surface area contributed by atoms with Crippen LogP contribution in [0.3, 0.4) is 0 Å². The second-order valence-electron chi connectivity index (χ2n) is 8.32. The molecule has 0 radical (unpaired) electrons. The fourth-order valence-corrected chi connectivity index (χ4v) is 4.94. The number of hydrogen-bond acceptors (Lipinski definition) is 6. The van der Waals surface area contributed by atoms with Crippen molar-refractivity contribution in [1.82, 2.24) is 4.90 Å². The highest BCUT2D eigenvalue weighted by Gasteiger charge is 2.35. The lowest BCUT2D eigenvalue weighted by Gasteiger charge is -2.17. The highest BCUT2D eigenvalue weighted by Crippen LogP contribution is 2.38. The summed E-state index contributed by atoms with van der Waals surface area (Å²) in [7, 11) is 0. The van der Waals surface area contributed by atoms with Gasteiger partial charge in [-0.1, -0.05) is 60.1 Å². The average molecular weight is 550 g/mol. The summed E-state index contributed by atoms with van der Waals surface area (Å²) in [5, 5.41) is 0.126. The Morgan fingerprint density at radius 2 is 1.74 bits per heavy atom. The van der Waals surface area contributed by atoms with Crippen molar-refractivity contribution in [2.24, 2.45) is 0 Å². The Morgan fingerprint density at radius 1 is 0.974 bits per heavy atom. The van der Waals surface area contributed by atoms with E-state index in [4.69, 9.17) is 25.8 Å². The fourth-order valence-electron chi connectivity index (χ4n) is 3.88. The molecule has 1 heterocycles. The summed E-state index contributed by atoms with van der Waals surface area (Å²) in [4.78, 5) is 27.1. The molecule has 1 fully saturated rings. The Bertz CT molecular complexity index is 1340. The van der Waals surface area contributed by atoms with Gasteiger partial charge in [0.1, 0.15) is 19.0 Å². The van der Waals surface area contributed by atoms with Crippen molar-refractivity contribution < 1.29 is 23.8 Å². The van der Waals surface area contributed by atoms with Crippen LogP contribution in [0.2, 0.25) is 5.02 Å². The third-order valence-corrected chi connectivity index (χ3v) is 6.84. The van der Waals surface area contributed by atoms with Crippen LogP contribution in [0.5, 0.6) is 17.2 Å². The van der Waals surface area contributed by atoms with Gasteiger partial charge in [-0.25, -0.2) is 0 Å². The maximum Gasteiger partial charge on any atom is 0.293 e. The van der Waals surface area contributed by atoms with Crippen LogP contribution in [0, 0.1) is 0 Å². The number of hydrogen-bond donors (Lipinski definition) is 0. The van der Waals surface area contributed by atoms with Crippen LogP contribution in [-0.2, 0) is 17.8 Å². The van der Waals surface area contributed by atoms with Crippen molar-refractivity contribution >= 4 is 40.6 Å². The molecular weight excluding hydrogens is 522 g/mol. The number of halogens is 1. The molecule has 1 aliphatic heterocycles. The Balaban J connectivity index is 1.52. The van der Waals surface area contributed by atoms with Crippen LogP contribution in [0.25, 0.3) is 6.08 Å². The molecule has 0 aliphatic carbocycles. The topological polar surface area (TPSA) is 65.1 Å². The summed E-state index contributed by atoms with van der Waals surface area (Å²) in [5.41, 5.74) is 2.64. The maximum absolute atomic E-state index is 13.0. The van der Waals surface area contributed by atoms with E-state index in [0.717, 1.165) is 28.5 Å². The Hall–Kier alpha value is -3.68. The number of carbonyl (C=O) groups excluding carboxylic acids is 2. The number of ether oxygens (including phenoxy) is 3. The lowest BCUT2D eigenvalue weighted by Crippen LogP contribution is -2.32. The SMILES string of the molecule is C=CCc1cc(/C=C2\SC(=O)N(CCOc3ccccc3Cl)C2=O)cc(OCC)c1OCc1ccccc1. The zero-order valence-electron chi connectivity index (χ0n) is 21.0. The van der Waals surface area contributed by atoms with Crippen LogP contribution in [-0.4, -0.2) is 35.8 Å². The molecule has 0 bridgehead atoms. The first kappa shape index (κ1) is 27.4. The number of thioether (sulfide) groups is 1. The van der Waals surface area contributed by atoms with E-state index in [1.807, 2.05) is 49.4 Å². The second-order valence-corrected chi connectivity index (χ2v) is 9.72. The quantitative estimate of drug-likeness (QED) is 0.176. The number of para-hydroxylation sites is 1. The molecular formula is C30H28ClNO5S. The molecule has 38 heavy (non-hydrogen) atoms. The molecule has 0 atom stereocenters. The predicted molar refractivity (Wildman–Crippen MR) is 152 cm³/mol. The van der Waals surface area contributed by atoms with Gasteiger partial charge in [0.05, 0.1) is 23.1 Å². The molecule has 6 nitrogen and oxygen atoms in total. The number of rotatable bonds is 12. The van der Waals surface area contributed by atoms with Crippen molar-refractivity contribution in [1.29, 1.82) is 0 Å². The molecule has 1 saturated heterocycles. The van der Waals surface area contributed by atoms with Crippen molar-refractivity contribution in [3.8, 4) is 17.2 Å². The van der Waals surface area contributed by atoms with Crippen molar-refractivity contribution in [3.63, 3.8) is 0 Å². The molecule has 3 aromatic rings. The molecule has 0 aromatic heterocycles. The van der Waals surface area contributed by atoms with Gasteiger partial charge in [0.25, 0.3) is 11.1 Å². The van der Waals surface area contributed by atoms with Crippen molar-refractivity contribution in [2.75, 3.05) is 19.8 Å². The summed E-state index contributed by atoms with van der Waals surface area (Å²) in [5.74, 6) is 1.35. The fraction of sp³-hybridized carbons (Fsp3) is 0.200. The minimum atomic E-state index is -0.365. The molecule has 0 spiro atoms. The first-order valence-corrected chi connectivity index (χ1v) is 13.4. The van der Waals surface area contributed by atoms with E-state index in [0.29, 0.717) is 46.8 Å². The predicted octanol–water partition coefficient (Wildman–Crippen LogP) is 7.16. The molecule has 0 saturated carbocycles. The number of nitrogens with zero attached hydrogens (tertiary/aromatic N) is 1. The molecule has 8 heteroatoms. The average Bonchev–Trinajstić information content (AvgIpc) is 3.17. The maximum atomic E-state index is 13.0. The Labute approximate surface area is 231 Å². The lowest BCUT2D eigenvalue weighted by molar-refractivity contribution is -0.123. The third-order valence-electron chi connectivity index (χ3n) is 5.62. The molecule has 0 unspecified atom stereocenters. The minimum absolute atomic E-state index is 0.116. The Morgan fingerprint density at radius 3 is 2.47 bits per heavy atom. The van der Waals surface area contributed by atoms with E-state index in [1.165, 1.54) is 4.90 Å². The van der Waals surface area contributed by atoms with Gasteiger partial charge in [-0.3, -0.25) is 14.5 Å². The minimum Gasteiger partial charge on any atom is -0.490 e. The van der Waals surface area contributed by atoms with Gasteiger partial charge in [-0.2, -0.15) is 0 Å². The van der Waals surface area contributed by atoms with Gasteiger partial charge >= 0.3 is 0 Å². The highest BCUT2D eigenvalue weighted by atomic mass is 35.5. The van der Waals surface area contributed by atoms with E-state index >= 15 is 0 Å². The molecule has 4 rings (SSSR count). The van der Waals surface area contributed by atoms with Gasteiger partial charge in [-0.05, 0) is 66.6 Å². The van der Waals surface area contributed by atoms with Crippen LogP contribution in [0.4, 0.5) is 4.79 Å². The molecule has 196 valence electrons. The standard InChI is InChI=1S/C30H28ClNO5S/c1-3-10-23-17-22(18-26(35-4-2)28(23)37-20-21-11-6-5-7-12-21)19-27-29(33)32(30(34)38-27)15-16-36-25-14-9-8-13-24(25)31/h3,5-9,11-14,17-19H,1,4,10,15-16,20H2,2H3/b27-19-. The van der Waals surface area contributed by atoms with Crippen LogP contribution in [0.1, 0.15) is 23.6 Å². The summed E-state index contributed by atoms with van der Waals surface area (Å²) >= 11 is 7.01. The second kappa shape index (κ2) is 13.2. The molecule has 1 aliphatic rings. The first-order chi connectivity index (χ1) is 18.5. The van der Waals surface area contributed by atoms with Crippen LogP contribution >= 0.6 is 23.4 Å². The first-order valence-electron chi connectivity index (χ1n) is 12.2. The highest BCUT2D eigenvalue weighted by molar-refractivity contribution is 8.18. The van der Waals surface area contributed by atoms with E-state index in [1.54, 1.807) is 36.4 Å². The molecule has 0 N–H and O–H groups in total. The van der Waals surface area contributed by atoms with Gasteiger partial charge in [-0.15, -0.1) is 6.58 Å². The zero-order valence-corrected chi connectivity index (χ0v) is 22.6. The van der Waals surface area contributed by atoms with Gasteiger partial charge in [0, 0.05) is 5.56 Å². The van der Waals surface area contributed by atoms with E-state index in [2.05, 4.69) is 6.58 Å². The summed E-state index contributed by atoms with van der Waals surface area (Å²) < 4.78 is 17.7. The molecule has 3 aromatic carbocycles. The number of amides is 2. The number of carbonyl (C=O) groups is 2. The van der Waals surface area contributed by atoms with E-state index in [-0.39, 0.29) is 24.3 Å². The van der Waals surface area contributed by atoms with E-state index in [9.17, 15) is 9.59 Å². The Kier molecular flexibility index (Phi) is 9.51. The van der Waals surface area contributed by atoms with Crippen LogP contribution < -0.4 is 14.2 Å². The largest absolute Gasteiger partial charge is 0.490 e. The van der Waals surface area contributed by atoms with Crippen LogP contribution in [0.15, 0.2) is 84.3 Å². The van der Waals surface area contributed by atoms with Crippen molar-refractivity contribution in [2.45, 2.75) is 20.0 Å². The lowest BCUT2D eigenvalue weighted by atomic mass is 10.0. The third kappa shape index (κ3) is 6.79. The number of benzene rings is 3. The van der Waals surface area contributed by atoms with E-state index < -0.39 is 0 Å².